The van der Waals surface area contributed by atoms with Gasteiger partial charge in [-0.15, -0.1) is 0 Å². The maximum atomic E-state index is 11.5. The molecule has 1 rings (SSSR count). The number of carbonyl (C=O) groups excluding carboxylic acids is 2. The van der Waals surface area contributed by atoms with Crippen LogP contribution in [-0.2, 0) is 20.9 Å². The van der Waals surface area contributed by atoms with Crippen LogP contribution >= 0.6 is 0 Å². The summed E-state index contributed by atoms with van der Waals surface area (Å²) in [6.45, 7) is 3.83. The topological polar surface area (TPSA) is 94.6 Å². The van der Waals surface area contributed by atoms with Crippen molar-refractivity contribution in [2.24, 2.45) is 5.73 Å². The number of ether oxygens (including phenoxy) is 1. The first-order valence-electron chi connectivity index (χ1n) is 5.29. The largest absolute Gasteiger partial charge is 0.465 e. The molecule has 0 spiro atoms. The fraction of sp³-hybridized carbons (Fsp3) is 0.455. The fourth-order valence-electron chi connectivity index (χ4n) is 1.20. The van der Waals surface area contributed by atoms with Gasteiger partial charge >= 0.3 is 5.97 Å². The van der Waals surface area contributed by atoms with Crippen molar-refractivity contribution in [3.05, 3.63) is 23.7 Å². The normalized spacial score (nSPS) is 11.9. The van der Waals surface area contributed by atoms with Crippen LogP contribution in [0.3, 0.4) is 0 Å². The van der Waals surface area contributed by atoms with Crippen molar-refractivity contribution in [3.8, 4) is 0 Å². The van der Waals surface area contributed by atoms with Crippen LogP contribution in [0.5, 0.6) is 0 Å². The van der Waals surface area contributed by atoms with Gasteiger partial charge in [0.15, 0.2) is 6.04 Å². The Kier molecular flexibility index (Phi) is 4.71. The zero-order valence-corrected chi connectivity index (χ0v) is 9.86. The lowest BCUT2D eigenvalue weighted by Crippen LogP contribution is -2.46. The van der Waals surface area contributed by atoms with Crippen LogP contribution in [0.25, 0.3) is 0 Å². The number of esters is 1. The van der Waals surface area contributed by atoms with Gasteiger partial charge in [-0.05, 0) is 26.0 Å². The van der Waals surface area contributed by atoms with E-state index < -0.39 is 17.9 Å². The van der Waals surface area contributed by atoms with Crippen LogP contribution < -0.4 is 11.1 Å². The third-order valence-corrected chi connectivity index (χ3v) is 2.06. The lowest BCUT2D eigenvalue weighted by atomic mass is 10.3. The van der Waals surface area contributed by atoms with Gasteiger partial charge in [0, 0.05) is 0 Å². The molecule has 6 heteroatoms. The maximum Gasteiger partial charge on any atom is 0.332 e. The minimum absolute atomic E-state index is 0.192. The summed E-state index contributed by atoms with van der Waals surface area (Å²) in [6, 6.07) is 2.23. The van der Waals surface area contributed by atoms with Crippen molar-refractivity contribution in [1.29, 1.82) is 0 Å². The number of rotatable bonds is 5. The number of nitrogens with one attached hydrogen (secondary N) is 1. The van der Waals surface area contributed by atoms with Gasteiger partial charge in [-0.25, -0.2) is 4.79 Å². The van der Waals surface area contributed by atoms with E-state index in [0.717, 1.165) is 5.76 Å². The monoisotopic (exact) mass is 240 g/mol. The van der Waals surface area contributed by atoms with E-state index in [9.17, 15) is 9.59 Å². The van der Waals surface area contributed by atoms with Crippen LogP contribution in [0.2, 0.25) is 0 Å². The van der Waals surface area contributed by atoms with Crippen LogP contribution in [-0.4, -0.2) is 24.5 Å². The quantitative estimate of drug-likeness (QED) is 0.562. The minimum atomic E-state index is -1.30. The van der Waals surface area contributed by atoms with E-state index in [0.29, 0.717) is 5.76 Å². The number of nitrogens with two attached hydrogens (primary N) is 1. The van der Waals surface area contributed by atoms with Gasteiger partial charge in [0.05, 0.1) is 13.2 Å². The molecular formula is C11H16N2O4. The van der Waals surface area contributed by atoms with Crippen molar-refractivity contribution in [2.75, 3.05) is 6.61 Å². The molecule has 0 aliphatic heterocycles. The van der Waals surface area contributed by atoms with Crippen LogP contribution in [0.4, 0.5) is 0 Å². The van der Waals surface area contributed by atoms with Crippen molar-refractivity contribution >= 4 is 11.9 Å². The molecular weight excluding hydrogens is 224 g/mol. The highest BCUT2D eigenvalue weighted by Crippen LogP contribution is 2.05. The van der Waals surface area contributed by atoms with Crippen molar-refractivity contribution < 1.29 is 18.7 Å². The summed E-state index contributed by atoms with van der Waals surface area (Å²) in [5.74, 6) is 0.0361. The summed E-state index contributed by atoms with van der Waals surface area (Å²) in [4.78, 5) is 22.6. The Balaban J connectivity index is 2.41. The fourth-order valence-corrected chi connectivity index (χ4v) is 1.20. The summed E-state index contributed by atoms with van der Waals surface area (Å²) in [5, 5.41) is 2.49. The van der Waals surface area contributed by atoms with Crippen LogP contribution in [0.1, 0.15) is 18.4 Å². The molecule has 0 aliphatic carbocycles. The van der Waals surface area contributed by atoms with Gasteiger partial charge < -0.3 is 20.2 Å². The number of furan rings is 1. The Morgan fingerprint density at radius 3 is 2.76 bits per heavy atom. The van der Waals surface area contributed by atoms with E-state index in [1.165, 1.54) is 0 Å². The predicted molar refractivity (Wildman–Crippen MR) is 59.9 cm³/mol. The summed E-state index contributed by atoms with van der Waals surface area (Å²) in [5.41, 5.74) is 5.40. The van der Waals surface area contributed by atoms with Crippen LogP contribution in [0.15, 0.2) is 16.5 Å². The molecule has 0 saturated heterocycles. The molecule has 3 N–H and O–H groups in total. The average Bonchev–Trinajstić information content (AvgIpc) is 2.71. The number of carbonyl (C=O) groups is 2. The molecule has 17 heavy (non-hydrogen) atoms. The first-order chi connectivity index (χ1) is 8.04. The second-order valence-electron chi connectivity index (χ2n) is 3.46. The SMILES string of the molecule is CCOC(=O)C(N)C(=O)NCc1ccc(C)o1. The summed E-state index contributed by atoms with van der Waals surface area (Å²) in [7, 11) is 0. The lowest BCUT2D eigenvalue weighted by molar-refractivity contribution is -0.148. The smallest absolute Gasteiger partial charge is 0.332 e. The number of hydrogen-bond donors (Lipinski definition) is 2. The molecule has 0 aromatic carbocycles. The summed E-state index contributed by atoms with van der Waals surface area (Å²) in [6.07, 6.45) is 0. The number of aryl methyl sites for hydroxylation is 1. The molecule has 6 nitrogen and oxygen atoms in total. The van der Waals surface area contributed by atoms with Crippen molar-refractivity contribution in [3.63, 3.8) is 0 Å². The number of hydrogen-bond acceptors (Lipinski definition) is 5. The Morgan fingerprint density at radius 2 is 2.24 bits per heavy atom. The third kappa shape index (κ3) is 3.92. The second kappa shape index (κ2) is 6.05. The molecule has 0 bridgehead atoms. The highest BCUT2D eigenvalue weighted by molar-refractivity contribution is 6.01. The molecule has 1 amide bonds. The molecule has 0 aliphatic rings. The highest BCUT2D eigenvalue weighted by atomic mass is 16.5. The van der Waals surface area contributed by atoms with E-state index in [4.69, 9.17) is 10.2 Å². The van der Waals surface area contributed by atoms with Gasteiger partial charge in [0.25, 0.3) is 0 Å². The van der Waals surface area contributed by atoms with E-state index in [1.54, 1.807) is 26.0 Å². The van der Waals surface area contributed by atoms with Gasteiger partial charge in [-0.3, -0.25) is 4.79 Å². The molecule has 1 aromatic rings. The van der Waals surface area contributed by atoms with Crippen LogP contribution in [0, 0.1) is 6.92 Å². The van der Waals surface area contributed by atoms with E-state index >= 15 is 0 Å². The Morgan fingerprint density at radius 1 is 1.53 bits per heavy atom. The molecule has 94 valence electrons. The standard InChI is InChI=1S/C11H16N2O4/c1-3-16-11(15)9(12)10(14)13-6-8-5-4-7(2)17-8/h4-5,9H,3,6,12H2,1-2H3,(H,13,14). The molecule has 0 radical (unpaired) electrons. The second-order valence-corrected chi connectivity index (χ2v) is 3.46. The van der Waals surface area contributed by atoms with Gasteiger partial charge in [-0.1, -0.05) is 0 Å². The summed E-state index contributed by atoms with van der Waals surface area (Å²) < 4.78 is 9.88. The van der Waals surface area contributed by atoms with E-state index in [-0.39, 0.29) is 13.2 Å². The first-order valence-corrected chi connectivity index (χ1v) is 5.29. The average molecular weight is 240 g/mol. The molecule has 1 aromatic heterocycles. The van der Waals surface area contributed by atoms with E-state index in [2.05, 4.69) is 10.1 Å². The van der Waals surface area contributed by atoms with Gasteiger partial charge in [-0.2, -0.15) is 0 Å². The molecule has 0 saturated carbocycles. The van der Waals surface area contributed by atoms with E-state index in [1.807, 2.05) is 0 Å². The third-order valence-electron chi connectivity index (χ3n) is 2.06. The van der Waals surface area contributed by atoms with Gasteiger partial charge in [0.2, 0.25) is 5.91 Å². The predicted octanol–water partition coefficient (Wildman–Crippen LogP) is 0.0946. The maximum absolute atomic E-state index is 11.5. The zero-order chi connectivity index (χ0) is 12.8. The van der Waals surface area contributed by atoms with Gasteiger partial charge in [0.1, 0.15) is 11.5 Å². The Bertz CT molecular complexity index is 400. The first kappa shape index (κ1) is 13.2. The molecule has 1 heterocycles. The number of amides is 1. The minimum Gasteiger partial charge on any atom is -0.465 e. The Hall–Kier alpha value is -1.82. The summed E-state index contributed by atoms with van der Waals surface area (Å²) >= 11 is 0. The van der Waals surface area contributed by atoms with Crippen molar-refractivity contribution in [2.45, 2.75) is 26.4 Å². The Labute approximate surface area is 99.1 Å². The molecule has 1 atom stereocenters. The molecule has 0 fully saturated rings. The lowest BCUT2D eigenvalue weighted by Gasteiger charge is -2.10. The zero-order valence-electron chi connectivity index (χ0n) is 9.86. The highest BCUT2D eigenvalue weighted by Gasteiger charge is 2.23. The molecule has 1 unspecified atom stereocenters. The van der Waals surface area contributed by atoms with Crippen molar-refractivity contribution in [1.82, 2.24) is 5.32 Å².